The molecule has 0 saturated carbocycles. The van der Waals surface area contributed by atoms with Crippen LogP contribution >= 0.6 is 23.4 Å². The molecule has 2 aromatic rings. The number of halogens is 1. The molecular formula is C29H35ClN4O2S. The Morgan fingerprint density at radius 2 is 1.89 bits per heavy atom. The minimum atomic E-state index is -0.0312. The van der Waals surface area contributed by atoms with Crippen molar-refractivity contribution in [2.45, 2.75) is 45.6 Å². The molecule has 0 N–H and O–H groups in total. The summed E-state index contributed by atoms with van der Waals surface area (Å²) >= 11 is 8.17. The molecule has 1 amide bonds. The van der Waals surface area contributed by atoms with E-state index in [2.05, 4.69) is 55.8 Å². The minimum absolute atomic E-state index is 0.0312. The number of anilines is 2. The van der Waals surface area contributed by atoms with Crippen LogP contribution in [0.5, 0.6) is 0 Å². The molecule has 0 bridgehead atoms. The lowest BCUT2D eigenvalue weighted by Crippen LogP contribution is -2.45. The molecular weight excluding hydrogens is 504 g/mol. The van der Waals surface area contributed by atoms with E-state index >= 15 is 0 Å². The number of benzene rings is 2. The van der Waals surface area contributed by atoms with Crippen LogP contribution in [0.1, 0.15) is 51.2 Å². The molecule has 196 valence electrons. The highest BCUT2D eigenvalue weighted by atomic mass is 35.5. The van der Waals surface area contributed by atoms with E-state index in [4.69, 9.17) is 21.3 Å². The molecule has 0 unspecified atom stereocenters. The number of hydrogen-bond acceptors (Lipinski definition) is 6. The van der Waals surface area contributed by atoms with Crippen molar-refractivity contribution >= 4 is 57.6 Å². The maximum atomic E-state index is 13.3. The van der Waals surface area contributed by atoms with E-state index in [1.165, 1.54) is 28.7 Å². The maximum absolute atomic E-state index is 13.3. The number of thioether (sulfide) groups is 1. The number of aliphatic imine (C=N–C) groups is 1. The number of likely N-dealkylation sites (N-methyl/N-ethyl adjacent to an activating group) is 1. The van der Waals surface area contributed by atoms with Crippen molar-refractivity contribution in [3.05, 3.63) is 57.5 Å². The Morgan fingerprint density at radius 1 is 1.19 bits per heavy atom. The molecule has 3 aliphatic rings. The molecule has 0 aromatic heterocycles. The molecule has 37 heavy (non-hydrogen) atoms. The van der Waals surface area contributed by atoms with E-state index in [1.807, 2.05) is 31.2 Å². The highest BCUT2D eigenvalue weighted by molar-refractivity contribution is 8.18. The monoisotopic (exact) mass is 538 g/mol. The van der Waals surface area contributed by atoms with E-state index < -0.39 is 0 Å². The zero-order chi connectivity index (χ0) is 26.3. The van der Waals surface area contributed by atoms with Gasteiger partial charge in [-0.2, -0.15) is 0 Å². The van der Waals surface area contributed by atoms with Crippen molar-refractivity contribution in [2.24, 2.45) is 4.99 Å². The van der Waals surface area contributed by atoms with E-state index in [-0.39, 0.29) is 11.4 Å². The molecule has 3 aliphatic heterocycles. The summed E-state index contributed by atoms with van der Waals surface area (Å²) in [7, 11) is 2.13. The number of carbonyl (C=O) groups is 1. The molecule has 8 heteroatoms. The first-order valence-corrected chi connectivity index (χ1v) is 14.2. The van der Waals surface area contributed by atoms with Gasteiger partial charge in [-0.3, -0.25) is 9.69 Å². The Morgan fingerprint density at radius 3 is 2.57 bits per heavy atom. The molecule has 5 rings (SSSR count). The average molecular weight is 539 g/mol. The lowest BCUT2D eigenvalue weighted by atomic mass is 9.80. The zero-order valence-corrected chi connectivity index (χ0v) is 23.8. The second kappa shape index (κ2) is 10.4. The van der Waals surface area contributed by atoms with Gasteiger partial charge in [0, 0.05) is 48.6 Å². The summed E-state index contributed by atoms with van der Waals surface area (Å²) in [5.74, 6) is 0.378. The summed E-state index contributed by atoms with van der Waals surface area (Å²) in [5.41, 5.74) is 5.39. The largest absolute Gasteiger partial charge is 0.378 e. The van der Waals surface area contributed by atoms with Crippen molar-refractivity contribution in [2.75, 3.05) is 49.7 Å². The molecule has 0 aliphatic carbocycles. The summed E-state index contributed by atoms with van der Waals surface area (Å²) in [6.07, 6.45) is 2.99. The highest BCUT2D eigenvalue weighted by Crippen LogP contribution is 2.45. The maximum Gasteiger partial charge on any atom is 0.266 e. The van der Waals surface area contributed by atoms with Gasteiger partial charge < -0.3 is 14.5 Å². The first-order valence-electron chi connectivity index (χ1n) is 13.0. The first kappa shape index (κ1) is 26.1. The normalized spacial score (nSPS) is 23.8. The molecule has 2 fully saturated rings. The summed E-state index contributed by atoms with van der Waals surface area (Å²) < 4.78 is 5.45. The van der Waals surface area contributed by atoms with Crippen LogP contribution in [0.2, 0.25) is 5.02 Å². The Labute approximate surface area is 229 Å². The number of ether oxygens (including phenoxy) is 1. The number of morpholine rings is 1. The fourth-order valence-electron chi connectivity index (χ4n) is 5.40. The van der Waals surface area contributed by atoms with Crippen molar-refractivity contribution in [3.8, 4) is 0 Å². The number of carbonyl (C=O) groups excluding carboxylic acids is 1. The number of rotatable bonds is 4. The van der Waals surface area contributed by atoms with Gasteiger partial charge in [-0.15, -0.1) is 0 Å². The van der Waals surface area contributed by atoms with Crippen LogP contribution in [0.25, 0.3) is 6.08 Å². The van der Waals surface area contributed by atoms with Gasteiger partial charge in [-0.05, 0) is 98.5 Å². The summed E-state index contributed by atoms with van der Waals surface area (Å²) in [6, 6.07) is 12.4. The molecule has 2 aromatic carbocycles. The number of fused-ring (bicyclic) bond motifs is 1. The predicted octanol–water partition coefficient (Wildman–Crippen LogP) is 6.52. The summed E-state index contributed by atoms with van der Waals surface area (Å²) in [6.45, 7) is 12.6. The number of amides is 1. The molecule has 2 saturated heterocycles. The molecule has 6 nitrogen and oxygen atoms in total. The van der Waals surface area contributed by atoms with Crippen LogP contribution in [0.4, 0.5) is 17.1 Å². The Balaban J connectivity index is 1.41. The van der Waals surface area contributed by atoms with Gasteiger partial charge >= 0.3 is 0 Å². The minimum Gasteiger partial charge on any atom is -0.378 e. The Bertz CT molecular complexity index is 1250. The smallest absolute Gasteiger partial charge is 0.266 e. The van der Waals surface area contributed by atoms with Crippen molar-refractivity contribution in [1.82, 2.24) is 4.90 Å². The van der Waals surface area contributed by atoms with Gasteiger partial charge in [-0.25, -0.2) is 4.99 Å². The van der Waals surface area contributed by atoms with Crippen LogP contribution in [-0.4, -0.2) is 61.4 Å². The van der Waals surface area contributed by atoms with Gasteiger partial charge in [0.15, 0.2) is 5.17 Å². The third kappa shape index (κ3) is 5.14. The van der Waals surface area contributed by atoms with Crippen LogP contribution in [0.15, 0.2) is 46.3 Å². The van der Waals surface area contributed by atoms with E-state index in [0.29, 0.717) is 27.6 Å². The highest BCUT2D eigenvalue weighted by Gasteiger charge is 2.36. The van der Waals surface area contributed by atoms with Crippen LogP contribution in [-0.2, 0) is 9.53 Å². The third-order valence-corrected chi connectivity index (χ3v) is 9.03. The average Bonchev–Trinajstić information content (AvgIpc) is 3.17. The lowest BCUT2D eigenvalue weighted by Gasteiger charge is -2.45. The molecule has 3 heterocycles. The second-order valence-electron chi connectivity index (χ2n) is 10.6. The summed E-state index contributed by atoms with van der Waals surface area (Å²) in [5, 5.41) is 1.35. The lowest BCUT2D eigenvalue weighted by molar-refractivity contribution is -0.122. The predicted molar refractivity (Wildman–Crippen MR) is 156 cm³/mol. The van der Waals surface area contributed by atoms with Gasteiger partial charge in [-0.1, -0.05) is 18.5 Å². The van der Waals surface area contributed by atoms with Gasteiger partial charge in [0.1, 0.15) is 0 Å². The number of hydrogen-bond donors (Lipinski definition) is 0. The van der Waals surface area contributed by atoms with Crippen LogP contribution < -0.4 is 9.80 Å². The number of amidine groups is 1. The number of nitrogens with zero attached hydrogens (tertiary/aromatic N) is 4. The van der Waals surface area contributed by atoms with E-state index in [0.717, 1.165) is 44.0 Å². The Kier molecular flexibility index (Phi) is 7.31. The second-order valence-corrected chi connectivity index (χ2v) is 12.0. The standard InChI is InChI=1S/C29H35ClN4O2S/c1-6-34-27(35)26(16-20-15-23-19(2)18-29(3,4)32(5)25(23)17-24(20)30)37-28(34)31-21-7-9-22(10-8-21)33-11-13-36-14-12-33/h7-10,15-17,19H,6,11-14,18H2,1-5H3/b26-16-,31-28?/t19-/m1/s1. The third-order valence-electron chi connectivity index (χ3n) is 7.69. The fourth-order valence-corrected chi connectivity index (χ4v) is 6.66. The van der Waals surface area contributed by atoms with Gasteiger partial charge in [0.2, 0.25) is 0 Å². The first-order chi connectivity index (χ1) is 17.7. The molecule has 0 spiro atoms. The van der Waals surface area contributed by atoms with Crippen LogP contribution in [0, 0.1) is 0 Å². The van der Waals surface area contributed by atoms with Crippen molar-refractivity contribution in [3.63, 3.8) is 0 Å². The van der Waals surface area contributed by atoms with Crippen molar-refractivity contribution < 1.29 is 9.53 Å². The molecule has 1 atom stereocenters. The fraction of sp³-hybridized carbons (Fsp3) is 0.448. The van der Waals surface area contributed by atoms with E-state index in [1.54, 1.807) is 4.90 Å². The van der Waals surface area contributed by atoms with Crippen molar-refractivity contribution in [1.29, 1.82) is 0 Å². The van der Waals surface area contributed by atoms with Gasteiger partial charge in [0.25, 0.3) is 5.91 Å². The topological polar surface area (TPSA) is 48.4 Å². The summed E-state index contributed by atoms with van der Waals surface area (Å²) in [4.78, 5) is 25.1. The van der Waals surface area contributed by atoms with Gasteiger partial charge in [0.05, 0.1) is 23.8 Å². The zero-order valence-electron chi connectivity index (χ0n) is 22.3. The SMILES string of the molecule is CCN1C(=O)/C(=C/c2cc3c(cc2Cl)N(C)C(C)(C)C[C@H]3C)SC1=Nc1ccc(N2CCOCC2)cc1. The van der Waals surface area contributed by atoms with E-state index in [9.17, 15) is 4.79 Å². The van der Waals surface area contributed by atoms with Crippen LogP contribution in [0.3, 0.4) is 0 Å². The quantitative estimate of drug-likeness (QED) is 0.415. The Hall–Kier alpha value is -2.48. The molecule has 0 radical (unpaired) electrons.